The molecule has 7 rings (SSSR count). The van der Waals surface area contributed by atoms with E-state index in [1.807, 2.05) is 35.9 Å². The van der Waals surface area contributed by atoms with E-state index in [0.29, 0.717) is 5.71 Å². The Morgan fingerprint density at radius 2 is 1.69 bits per heavy atom. The molecule has 210 valence electrons. The molecule has 0 saturated heterocycles. The second-order valence-corrected chi connectivity index (χ2v) is 11.5. The third kappa shape index (κ3) is 5.34. The zero-order valence-electron chi connectivity index (χ0n) is 24.3. The second kappa shape index (κ2) is 11.7. The fraction of sp³-hybridized carbons (Fsp3) is 0.139. The third-order valence-electron chi connectivity index (χ3n) is 7.53. The van der Waals surface area contributed by atoms with Crippen molar-refractivity contribution in [1.82, 2.24) is 9.97 Å². The van der Waals surface area contributed by atoms with Gasteiger partial charge in [-0.05, 0) is 67.8 Å². The van der Waals surface area contributed by atoms with Crippen molar-refractivity contribution in [3.63, 3.8) is 0 Å². The van der Waals surface area contributed by atoms with Crippen LogP contribution in [0.25, 0.3) is 54.7 Å². The van der Waals surface area contributed by atoms with Crippen LogP contribution in [0.2, 0.25) is 0 Å². The minimum Gasteiger partial charge on any atom is -0.486 e. The van der Waals surface area contributed by atoms with Crippen LogP contribution >= 0.6 is 11.3 Å². The van der Waals surface area contributed by atoms with Gasteiger partial charge in [0.25, 0.3) is 0 Å². The number of hydrogen-bond donors (Lipinski definition) is 0. The number of furan rings is 1. The summed E-state index contributed by atoms with van der Waals surface area (Å²) < 4.78 is 9.18. The van der Waals surface area contributed by atoms with Gasteiger partial charge in [-0.2, -0.15) is 29.9 Å². The van der Waals surface area contributed by atoms with E-state index in [1.165, 1.54) is 32.3 Å². The zero-order chi connectivity index (χ0) is 28.8. The van der Waals surface area contributed by atoms with Crippen LogP contribution in [0, 0.1) is 54.7 Å². The van der Waals surface area contributed by atoms with Gasteiger partial charge >= 0.3 is 20.1 Å². The molecule has 0 N–H and O–H groups in total. The van der Waals surface area contributed by atoms with Gasteiger partial charge in [0.1, 0.15) is 0 Å². The van der Waals surface area contributed by atoms with Gasteiger partial charge in [-0.15, -0.1) is 35.4 Å². The Morgan fingerprint density at radius 1 is 0.881 bits per heavy atom. The maximum atomic E-state index is 6.10. The molecule has 5 aromatic heterocycles. The molecule has 6 heteroatoms. The SMILES string of the molecule is Cc1ccc2c(n1)oc1c(-c3nccc4c(C)csc34)[c-]ccc12.[CH2-]c1cc(C)ccc1-c1cc(C)c(C)c[n+]1[CH2-].[Ir+3]. The number of benzene rings is 2. The molecule has 0 atom stereocenters. The Balaban J connectivity index is 0.000000174. The molecular weight excluding hydrogens is 715 g/mol. The molecule has 42 heavy (non-hydrogen) atoms. The van der Waals surface area contributed by atoms with E-state index in [0.717, 1.165) is 50.1 Å². The third-order valence-corrected chi connectivity index (χ3v) is 8.65. The van der Waals surface area contributed by atoms with Crippen molar-refractivity contribution in [3.05, 3.63) is 126 Å². The molecular formula is C36H31IrN3OS+. The molecule has 5 heterocycles. The van der Waals surface area contributed by atoms with Crippen LogP contribution in [-0.4, -0.2) is 9.97 Å². The van der Waals surface area contributed by atoms with Gasteiger partial charge in [0, 0.05) is 34.7 Å². The Morgan fingerprint density at radius 3 is 2.48 bits per heavy atom. The monoisotopic (exact) mass is 746 g/mol. The second-order valence-electron chi connectivity index (χ2n) is 10.6. The van der Waals surface area contributed by atoms with Crippen molar-refractivity contribution in [3.8, 4) is 22.5 Å². The summed E-state index contributed by atoms with van der Waals surface area (Å²) in [6.07, 6.45) is 3.92. The molecule has 0 bridgehead atoms. The molecule has 4 nitrogen and oxygen atoms in total. The summed E-state index contributed by atoms with van der Waals surface area (Å²) >= 11 is 1.71. The summed E-state index contributed by atoms with van der Waals surface area (Å²) in [7, 11) is 4.05. The zero-order valence-corrected chi connectivity index (χ0v) is 27.5. The number of hydrogen-bond acceptors (Lipinski definition) is 4. The summed E-state index contributed by atoms with van der Waals surface area (Å²) in [6.45, 7) is 14.5. The van der Waals surface area contributed by atoms with Crippen LogP contribution in [0.1, 0.15) is 33.5 Å². The average molecular weight is 746 g/mol. The Kier molecular flexibility index (Phi) is 8.25. The maximum absolute atomic E-state index is 6.10. The first kappa shape index (κ1) is 29.5. The number of fused-ring (bicyclic) bond motifs is 4. The van der Waals surface area contributed by atoms with Crippen LogP contribution < -0.4 is 4.57 Å². The van der Waals surface area contributed by atoms with Crippen molar-refractivity contribution in [2.75, 3.05) is 0 Å². The number of rotatable bonds is 2. The number of nitrogens with zero attached hydrogens (tertiary/aromatic N) is 3. The van der Waals surface area contributed by atoms with E-state index in [2.05, 4.69) is 106 Å². The van der Waals surface area contributed by atoms with E-state index in [1.54, 1.807) is 11.3 Å². The molecule has 0 aliphatic heterocycles. The van der Waals surface area contributed by atoms with Crippen LogP contribution in [0.3, 0.4) is 0 Å². The Labute approximate surface area is 264 Å². The van der Waals surface area contributed by atoms with Gasteiger partial charge in [-0.1, -0.05) is 35.6 Å². The van der Waals surface area contributed by atoms with Gasteiger partial charge in [0.05, 0.1) is 17.5 Å². The predicted molar refractivity (Wildman–Crippen MR) is 170 cm³/mol. The van der Waals surface area contributed by atoms with Crippen LogP contribution in [0.5, 0.6) is 0 Å². The smallest absolute Gasteiger partial charge is 0.486 e. The largest absolute Gasteiger partial charge is 3.00 e. The predicted octanol–water partition coefficient (Wildman–Crippen LogP) is 9.06. The number of thiophene rings is 1. The van der Waals surface area contributed by atoms with E-state index in [4.69, 9.17) is 4.42 Å². The summed E-state index contributed by atoms with van der Waals surface area (Å²) in [5.41, 5.74) is 12.6. The number of aromatic nitrogens is 3. The summed E-state index contributed by atoms with van der Waals surface area (Å²) in [5, 5.41) is 5.48. The average Bonchev–Trinajstić information content (AvgIpc) is 3.51. The van der Waals surface area contributed by atoms with Crippen LogP contribution in [0.15, 0.2) is 76.8 Å². The van der Waals surface area contributed by atoms with Crippen molar-refractivity contribution in [2.24, 2.45) is 0 Å². The van der Waals surface area contributed by atoms with Crippen molar-refractivity contribution < 1.29 is 29.1 Å². The van der Waals surface area contributed by atoms with Gasteiger partial charge in [0.15, 0.2) is 0 Å². The topological polar surface area (TPSA) is 42.8 Å². The van der Waals surface area contributed by atoms with Crippen molar-refractivity contribution >= 4 is 43.5 Å². The minimum atomic E-state index is 0. The molecule has 0 aliphatic carbocycles. The molecule has 0 amide bonds. The summed E-state index contributed by atoms with van der Waals surface area (Å²) in [5.74, 6) is 0. The fourth-order valence-corrected chi connectivity index (χ4v) is 6.21. The summed E-state index contributed by atoms with van der Waals surface area (Å²) in [4.78, 5) is 9.14. The normalized spacial score (nSPS) is 11.0. The van der Waals surface area contributed by atoms with Crippen molar-refractivity contribution in [2.45, 2.75) is 34.6 Å². The summed E-state index contributed by atoms with van der Waals surface area (Å²) in [6, 6.07) is 21.9. The van der Waals surface area contributed by atoms with Crippen LogP contribution in [-0.2, 0) is 20.1 Å². The Bertz CT molecular complexity index is 2090. The number of aryl methyl sites for hydroxylation is 5. The molecule has 0 fully saturated rings. The van der Waals surface area contributed by atoms with Gasteiger partial charge in [-0.3, -0.25) is 0 Å². The Hall–Kier alpha value is -3.96. The molecule has 0 unspecified atom stereocenters. The van der Waals surface area contributed by atoms with Crippen LogP contribution in [0.4, 0.5) is 0 Å². The van der Waals surface area contributed by atoms with E-state index in [-0.39, 0.29) is 20.1 Å². The first-order valence-corrected chi connectivity index (χ1v) is 14.4. The fourth-order valence-electron chi connectivity index (χ4n) is 5.17. The van der Waals surface area contributed by atoms with E-state index < -0.39 is 0 Å². The van der Waals surface area contributed by atoms with Gasteiger partial charge < -0.3 is 14.0 Å². The van der Waals surface area contributed by atoms with E-state index in [9.17, 15) is 0 Å². The molecule has 0 spiro atoms. The molecule has 0 saturated carbocycles. The molecule has 0 aliphatic rings. The standard InChI is InChI=1S/C20H13N2OS.C16H18N.Ir/c1-11-10-24-19-13(11)8-9-21-17(19)16-5-3-4-14-15-7-6-12(2)22-20(15)23-18(14)16;1-11-6-7-15(13(3)8-11)16-9-12(2)14(4)10-17(16)5;/h3-4,6-10H,1-2H3;6-10H,3,5H2,1-2,4H3;/q2*-1;+3. The molecule has 7 aromatic rings. The number of pyridine rings is 3. The van der Waals surface area contributed by atoms with Crippen molar-refractivity contribution in [1.29, 1.82) is 0 Å². The van der Waals surface area contributed by atoms with Gasteiger partial charge in [-0.25, -0.2) is 4.98 Å². The maximum Gasteiger partial charge on any atom is 3.00 e. The minimum absolute atomic E-state index is 0. The molecule has 0 radical (unpaired) electrons. The van der Waals surface area contributed by atoms with Gasteiger partial charge in [0.2, 0.25) is 5.71 Å². The first-order valence-electron chi connectivity index (χ1n) is 13.5. The van der Waals surface area contributed by atoms with E-state index >= 15 is 0 Å². The quantitative estimate of drug-likeness (QED) is 0.131. The first-order chi connectivity index (χ1) is 19.7. The molecule has 2 aromatic carbocycles.